The summed E-state index contributed by atoms with van der Waals surface area (Å²) < 4.78 is 0. The van der Waals surface area contributed by atoms with Crippen molar-refractivity contribution in [2.24, 2.45) is 0 Å². The lowest BCUT2D eigenvalue weighted by Gasteiger charge is -2.33. The first-order valence-electron chi connectivity index (χ1n) is 18.1. The van der Waals surface area contributed by atoms with Gasteiger partial charge in [-0.15, -0.1) is 37.9 Å². The first kappa shape index (κ1) is 37.2. The number of thiazole rings is 2. The van der Waals surface area contributed by atoms with Crippen molar-refractivity contribution in [3.8, 4) is 0 Å². The molecule has 2 fully saturated rings. The number of hydroxylamine groups is 1. The van der Waals surface area contributed by atoms with Crippen LogP contribution in [0.5, 0.6) is 0 Å². The summed E-state index contributed by atoms with van der Waals surface area (Å²) >= 11 is 3.79. The van der Waals surface area contributed by atoms with E-state index in [0.717, 1.165) is 107 Å². The summed E-state index contributed by atoms with van der Waals surface area (Å²) in [5.74, 6) is -0.802. The van der Waals surface area contributed by atoms with Gasteiger partial charge in [0.2, 0.25) is 0 Å². The summed E-state index contributed by atoms with van der Waals surface area (Å²) in [6.45, 7) is 7.53. The largest absolute Gasteiger partial charge is 0.375 e. The lowest BCUT2D eigenvalue weighted by Crippen LogP contribution is -2.39. The molecule has 3 aromatic heterocycles. The van der Waals surface area contributed by atoms with Gasteiger partial charge in [0.1, 0.15) is 21.1 Å². The minimum atomic E-state index is -0.802. The van der Waals surface area contributed by atoms with E-state index in [0.29, 0.717) is 29.3 Å². The lowest BCUT2D eigenvalue weighted by atomic mass is 10.1. The molecule has 5 aromatic rings. The molecule has 0 radical (unpaired) electrons. The number of hydrogen-bond donors (Lipinski definition) is 3. The van der Waals surface area contributed by atoms with Crippen molar-refractivity contribution in [1.29, 1.82) is 0 Å². The number of carbonyl (C=O) groups excluding carboxylic acids is 3. The van der Waals surface area contributed by atoms with Crippen molar-refractivity contribution in [3.63, 3.8) is 0 Å². The smallest absolute Gasteiger partial charge is 0.370 e. The van der Waals surface area contributed by atoms with Crippen LogP contribution in [0.1, 0.15) is 69.2 Å². The summed E-state index contributed by atoms with van der Waals surface area (Å²) in [6.07, 6.45) is 11.1. The fraction of sp³-hybridized carbons (Fsp3) is 0.378. The number of amides is 4. The van der Waals surface area contributed by atoms with Crippen LogP contribution in [-0.2, 0) is 17.7 Å². The van der Waals surface area contributed by atoms with Gasteiger partial charge in [-0.3, -0.25) is 10.6 Å². The van der Waals surface area contributed by atoms with E-state index in [9.17, 15) is 14.4 Å². The molecule has 2 aliphatic rings. The topological polar surface area (TPSA) is 158 Å². The average Bonchev–Trinajstić information content (AvgIpc) is 3.98. The molecule has 5 heterocycles. The van der Waals surface area contributed by atoms with E-state index in [1.807, 2.05) is 38.1 Å². The van der Waals surface area contributed by atoms with E-state index in [-0.39, 0.29) is 10.0 Å². The zero-order valence-electron chi connectivity index (χ0n) is 30.2. The van der Waals surface area contributed by atoms with E-state index < -0.39 is 18.0 Å². The molecule has 2 aromatic carbocycles. The highest BCUT2D eigenvalue weighted by Crippen LogP contribution is 2.35. The second kappa shape index (κ2) is 17.3. The van der Waals surface area contributed by atoms with Crippen molar-refractivity contribution in [3.05, 3.63) is 80.2 Å². The number of anilines is 6. The molecule has 3 N–H and O–H groups in total. The Morgan fingerprint density at radius 2 is 1.44 bits per heavy atom. The number of urea groups is 2. The Morgan fingerprint density at radius 1 is 0.778 bits per heavy atom. The molecule has 14 nitrogen and oxygen atoms in total. The maximum Gasteiger partial charge on any atom is 0.375 e. The lowest BCUT2D eigenvalue weighted by molar-refractivity contribution is 0.0496. The summed E-state index contributed by atoms with van der Waals surface area (Å²) in [4.78, 5) is 61.1. The number of carbonyl (C=O) groups is 3. The Labute approximate surface area is 325 Å². The molecule has 0 saturated carbocycles. The Hall–Kier alpha value is -5.13. The number of aromatic nitrogens is 4. The third-order valence-electron chi connectivity index (χ3n) is 9.19. The molecule has 2 aliphatic heterocycles. The monoisotopic (exact) mass is 786 g/mol. The molecular formula is C37H42N10O4S3. The third-order valence-corrected chi connectivity index (χ3v) is 11.8. The highest BCUT2D eigenvalue weighted by Gasteiger charge is 2.29. The van der Waals surface area contributed by atoms with Crippen LogP contribution >= 0.6 is 34.0 Å². The molecule has 54 heavy (non-hydrogen) atoms. The minimum absolute atomic E-state index is 0.104. The molecule has 4 amide bonds. The van der Waals surface area contributed by atoms with Crippen molar-refractivity contribution < 1.29 is 19.2 Å². The number of aryl methyl sites for hydroxylation is 4. The van der Waals surface area contributed by atoms with Gasteiger partial charge in [0.05, 0.1) is 23.3 Å². The van der Waals surface area contributed by atoms with Crippen molar-refractivity contribution >= 4 is 85.1 Å². The molecule has 0 atom stereocenters. The van der Waals surface area contributed by atoms with Crippen LogP contribution in [-0.4, -0.2) is 64.4 Å². The van der Waals surface area contributed by atoms with Crippen LogP contribution in [0.3, 0.4) is 0 Å². The first-order valence-corrected chi connectivity index (χ1v) is 20.6. The normalized spacial score (nSPS) is 14.4. The van der Waals surface area contributed by atoms with Gasteiger partial charge >= 0.3 is 18.0 Å². The molecule has 0 bridgehead atoms. The zero-order chi connectivity index (χ0) is 37.4. The van der Waals surface area contributed by atoms with Crippen LogP contribution in [0.4, 0.5) is 42.6 Å². The van der Waals surface area contributed by atoms with Crippen molar-refractivity contribution in [2.45, 2.75) is 65.2 Å². The summed E-state index contributed by atoms with van der Waals surface area (Å²) in [6, 6.07) is 10.5. The van der Waals surface area contributed by atoms with E-state index in [1.165, 1.54) is 35.3 Å². The molecule has 0 aliphatic carbocycles. The number of hydrogen-bond acceptors (Lipinski definition) is 13. The number of rotatable bonds is 10. The van der Waals surface area contributed by atoms with Gasteiger partial charge in [0, 0.05) is 43.7 Å². The van der Waals surface area contributed by atoms with Crippen LogP contribution in [0, 0.1) is 13.8 Å². The van der Waals surface area contributed by atoms with E-state index in [4.69, 9.17) is 4.84 Å². The van der Waals surface area contributed by atoms with Crippen molar-refractivity contribution in [1.82, 2.24) is 20.2 Å². The maximum absolute atomic E-state index is 14.0. The third kappa shape index (κ3) is 9.32. The van der Waals surface area contributed by atoms with Gasteiger partial charge in [0.25, 0.3) is 0 Å². The van der Waals surface area contributed by atoms with Crippen LogP contribution < -0.4 is 30.8 Å². The van der Waals surface area contributed by atoms with E-state index in [2.05, 4.69) is 52.0 Å². The maximum atomic E-state index is 14.0. The van der Waals surface area contributed by atoms with Crippen LogP contribution in [0.2, 0.25) is 0 Å². The second-order valence-electron chi connectivity index (χ2n) is 13.3. The molecule has 0 unspecified atom stereocenters. The summed E-state index contributed by atoms with van der Waals surface area (Å²) in [5, 5.41) is 19.0. The molecule has 2 saturated heterocycles. The molecule has 17 heteroatoms. The van der Waals surface area contributed by atoms with Gasteiger partial charge in [0.15, 0.2) is 10.3 Å². The number of nitrogens with one attached hydrogen (secondary N) is 3. The minimum Gasteiger partial charge on any atom is -0.370 e. The summed E-state index contributed by atoms with van der Waals surface area (Å²) in [5.41, 5.74) is 6.71. The van der Waals surface area contributed by atoms with E-state index in [1.54, 1.807) is 17.8 Å². The number of benzene rings is 2. The van der Waals surface area contributed by atoms with Gasteiger partial charge in [-0.05, 0) is 94.2 Å². The first-order chi connectivity index (χ1) is 26.3. The quantitative estimate of drug-likeness (QED) is 0.118. The molecular weight excluding hydrogens is 745 g/mol. The Kier molecular flexibility index (Phi) is 11.9. The fourth-order valence-corrected chi connectivity index (χ4v) is 8.52. The van der Waals surface area contributed by atoms with Gasteiger partial charge in [-0.25, -0.2) is 24.4 Å². The fourth-order valence-electron chi connectivity index (χ4n) is 6.50. The predicted molar refractivity (Wildman–Crippen MR) is 216 cm³/mol. The van der Waals surface area contributed by atoms with Crippen LogP contribution in [0.25, 0.3) is 0 Å². The predicted octanol–water partition coefficient (Wildman–Crippen LogP) is 8.29. The molecule has 7 rings (SSSR count). The number of piperidine rings is 2. The highest BCUT2D eigenvalue weighted by molar-refractivity contribution is 7.17. The average molecular weight is 787 g/mol. The second-order valence-corrected chi connectivity index (χ2v) is 16.3. The SMILES string of the molecule is Cc1ccc(NC(=O)Nc2ncc(C(=O)ON(C(=O)Nc3ncc(CCc4nncs4)s3)c3ccc(C)cc3N3CCCCC3)s2)c(N2CCCCC2)c1. The van der Waals surface area contributed by atoms with Gasteiger partial charge in [-0.2, -0.15) is 0 Å². The Bertz CT molecular complexity index is 2070. The highest BCUT2D eigenvalue weighted by atomic mass is 32.1. The zero-order valence-corrected chi connectivity index (χ0v) is 32.6. The van der Waals surface area contributed by atoms with Gasteiger partial charge < -0.3 is 20.0 Å². The molecule has 282 valence electrons. The number of nitrogens with zero attached hydrogens (tertiary/aromatic N) is 7. The van der Waals surface area contributed by atoms with E-state index >= 15 is 0 Å². The Morgan fingerprint density at radius 3 is 2.17 bits per heavy atom. The van der Waals surface area contributed by atoms with Crippen LogP contribution in [0.15, 0.2) is 54.3 Å². The Balaban J connectivity index is 1.07. The standard InChI is InChI=1S/C37H42N10O4S3/c1-24-9-12-27(29(19-24)45-15-5-3-6-16-45)41-34(49)42-35-39-22-31(54-35)33(48)51-47(28-13-10-25(2)20-30(28)46-17-7-4-8-18-46)37(50)43-36-38-21-26(53-36)11-14-32-44-40-23-52-32/h9-10,12-13,19-23H,3-8,11,14-18H2,1-2H3,(H,38,43,50)(H2,39,41,42,49). The van der Waals surface area contributed by atoms with Crippen molar-refractivity contribution in [2.75, 3.05) is 57.0 Å². The molecule has 0 spiro atoms. The summed E-state index contributed by atoms with van der Waals surface area (Å²) in [7, 11) is 0. The van der Waals surface area contributed by atoms with Gasteiger partial charge in [-0.1, -0.05) is 23.5 Å².